The first-order valence-corrected chi connectivity index (χ1v) is 6.81. The monoisotopic (exact) mass is 271 g/mol. The summed E-state index contributed by atoms with van der Waals surface area (Å²) in [6.07, 6.45) is 4.77. The van der Waals surface area contributed by atoms with Crippen molar-refractivity contribution >= 4 is 17.7 Å². The van der Waals surface area contributed by atoms with Crippen molar-refractivity contribution in [3.8, 4) is 0 Å². The molecule has 0 fully saturated rings. The molecule has 6 nitrogen and oxygen atoms in total. The smallest absolute Gasteiger partial charge is 0.347 e. The number of aliphatic hydroxyl groups excluding tert-OH is 1. The van der Waals surface area contributed by atoms with E-state index >= 15 is 0 Å². The van der Waals surface area contributed by atoms with E-state index in [2.05, 4.69) is 10.3 Å². The van der Waals surface area contributed by atoms with Crippen molar-refractivity contribution in [3.05, 3.63) is 28.9 Å². The summed E-state index contributed by atoms with van der Waals surface area (Å²) in [5.74, 6) is -0.273. The van der Waals surface area contributed by atoms with Gasteiger partial charge in [-0.25, -0.2) is 9.78 Å². The highest BCUT2D eigenvalue weighted by atomic mass is 32.2. The highest BCUT2D eigenvalue weighted by Crippen LogP contribution is 2.09. The number of nitrogens with zero attached hydrogens (tertiary/aromatic N) is 2. The number of rotatable bonds is 6. The third kappa shape index (κ3) is 4.15. The van der Waals surface area contributed by atoms with Gasteiger partial charge in [0.05, 0.1) is 6.61 Å². The molecule has 0 spiro atoms. The van der Waals surface area contributed by atoms with Crippen LogP contribution in [0.25, 0.3) is 0 Å². The third-order valence-electron chi connectivity index (χ3n) is 2.53. The molecule has 0 bridgehead atoms. The Bertz CT molecular complexity index is 445. The van der Waals surface area contributed by atoms with Crippen LogP contribution >= 0.6 is 11.8 Å². The Morgan fingerprint density at radius 2 is 2.39 bits per heavy atom. The molecule has 0 aliphatic carbocycles. The zero-order chi connectivity index (χ0) is 13.5. The molecule has 100 valence electrons. The summed E-state index contributed by atoms with van der Waals surface area (Å²) in [4.78, 5) is 26.6. The lowest BCUT2D eigenvalue weighted by Gasteiger charge is -2.21. The molecule has 1 aromatic heterocycles. The summed E-state index contributed by atoms with van der Waals surface area (Å²) in [6, 6.07) is 1.43. The maximum atomic E-state index is 11.7. The van der Waals surface area contributed by atoms with Gasteiger partial charge in [-0.1, -0.05) is 0 Å². The molecule has 1 amide bonds. The second-order valence-electron chi connectivity index (χ2n) is 3.84. The molecule has 0 radical (unpaired) electrons. The van der Waals surface area contributed by atoms with Gasteiger partial charge in [-0.2, -0.15) is 11.8 Å². The van der Waals surface area contributed by atoms with Gasteiger partial charge in [0.25, 0.3) is 0 Å². The molecule has 2 unspecified atom stereocenters. The largest absolute Gasteiger partial charge is 0.395 e. The highest BCUT2D eigenvalue weighted by molar-refractivity contribution is 7.99. The van der Waals surface area contributed by atoms with E-state index in [1.807, 2.05) is 13.2 Å². The fraction of sp³-hybridized carbons (Fsp3) is 0.545. The van der Waals surface area contributed by atoms with E-state index in [4.69, 9.17) is 5.11 Å². The number of carbonyl (C=O) groups excluding carboxylic acids is 1. The zero-order valence-corrected chi connectivity index (χ0v) is 11.2. The fourth-order valence-corrected chi connectivity index (χ4v) is 2.12. The first kappa shape index (κ1) is 14.7. The van der Waals surface area contributed by atoms with Crippen LogP contribution in [0.4, 0.5) is 0 Å². The molecule has 0 aromatic carbocycles. The molecular formula is C11H17N3O3S. The van der Waals surface area contributed by atoms with Gasteiger partial charge in [0.15, 0.2) is 0 Å². The summed E-state index contributed by atoms with van der Waals surface area (Å²) in [7, 11) is 0. The number of hydrogen-bond acceptors (Lipinski definition) is 5. The van der Waals surface area contributed by atoms with Crippen LogP contribution in [0.2, 0.25) is 0 Å². The summed E-state index contributed by atoms with van der Waals surface area (Å²) >= 11 is 1.48. The Balaban J connectivity index is 2.57. The van der Waals surface area contributed by atoms with Crippen LogP contribution in [0.3, 0.4) is 0 Å². The van der Waals surface area contributed by atoms with Crippen molar-refractivity contribution < 1.29 is 9.90 Å². The van der Waals surface area contributed by atoms with Crippen LogP contribution < -0.4 is 11.0 Å². The minimum Gasteiger partial charge on any atom is -0.395 e. The lowest BCUT2D eigenvalue weighted by atomic mass is 10.2. The molecule has 2 atom stereocenters. The van der Waals surface area contributed by atoms with Gasteiger partial charge in [-0.3, -0.25) is 9.36 Å². The average molecular weight is 271 g/mol. The van der Waals surface area contributed by atoms with E-state index in [1.165, 1.54) is 28.7 Å². The van der Waals surface area contributed by atoms with Gasteiger partial charge in [0.2, 0.25) is 5.91 Å². The summed E-state index contributed by atoms with van der Waals surface area (Å²) in [5.41, 5.74) is -0.455. The van der Waals surface area contributed by atoms with Crippen molar-refractivity contribution in [1.29, 1.82) is 0 Å². The van der Waals surface area contributed by atoms with Crippen LogP contribution in [0, 0.1) is 0 Å². The SMILES string of the molecule is CSC(CO)C(C)NC(=O)Cn1cccnc1=O. The summed E-state index contributed by atoms with van der Waals surface area (Å²) in [5, 5.41) is 11.8. The quantitative estimate of drug-likeness (QED) is 0.727. The van der Waals surface area contributed by atoms with E-state index in [1.54, 1.807) is 6.07 Å². The van der Waals surface area contributed by atoms with E-state index in [9.17, 15) is 9.59 Å². The molecule has 1 heterocycles. The third-order valence-corrected chi connectivity index (χ3v) is 3.69. The maximum absolute atomic E-state index is 11.7. The number of carbonyl (C=O) groups is 1. The van der Waals surface area contributed by atoms with E-state index in [0.29, 0.717) is 0 Å². The van der Waals surface area contributed by atoms with Gasteiger partial charge < -0.3 is 10.4 Å². The van der Waals surface area contributed by atoms with Crippen LogP contribution in [0.1, 0.15) is 6.92 Å². The number of hydrogen-bond donors (Lipinski definition) is 2. The first-order valence-electron chi connectivity index (χ1n) is 5.53. The Morgan fingerprint density at radius 1 is 1.67 bits per heavy atom. The second kappa shape index (κ2) is 7.17. The zero-order valence-electron chi connectivity index (χ0n) is 10.4. The molecule has 0 saturated heterocycles. The van der Waals surface area contributed by atoms with Crippen molar-refractivity contribution in [1.82, 2.24) is 14.9 Å². The van der Waals surface area contributed by atoms with E-state index in [-0.39, 0.29) is 30.4 Å². The number of amides is 1. The minimum absolute atomic E-state index is 0.00451. The second-order valence-corrected chi connectivity index (χ2v) is 4.92. The van der Waals surface area contributed by atoms with Gasteiger partial charge >= 0.3 is 5.69 Å². The van der Waals surface area contributed by atoms with Gasteiger partial charge in [0, 0.05) is 23.7 Å². The Kier molecular flexibility index (Phi) is 5.87. The standard InChI is InChI=1S/C11H17N3O3S/c1-8(9(7-15)18-2)13-10(16)6-14-5-3-4-12-11(14)17/h3-5,8-9,15H,6-7H2,1-2H3,(H,13,16). The first-order chi connectivity index (χ1) is 8.58. The number of aliphatic hydroxyl groups is 1. The highest BCUT2D eigenvalue weighted by Gasteiger charge is 2.17. The predicted molar refractivity (Wildman–Crippen MR) is 70.5 cm³/mol. The normalized spacial score (nSPS) is 13.9. The van der Waals surface area contributed by atoms with Crippen LogP contribution in [-0.4, -0.2) is 44.7 Å². The fourth-order valence-electron chi connectivity index (χ4n) is 1.49. The van der Waals surface area contributed by atoms with Crippen molar-refractivity contribution in [3.63, 3.8) is 0 Å². The topological polar surface area (TPSA) is 84.2 Å². The van der Waals surface area contributed by atoms with Gasteiger partial charge in [-0.15, -0.1) is 0 Å². The lowest BCUT2D eigenvalue weighted by molar-refractivity contribution is -0.122. The Hall–Kier alpha value is -1.34. The van der Waals surface area contributed by atoms with Crippen molar-refractivity contribution in [2.75, 3.05) is 12.9 Å². The van der Waals surface area contributed by atoms with Crippen molar-refractivity contribution in [2.24, 2.45) is 0 Å². The lowest BCUT2D eigenvalue weighted by Crippen LogP contribution is -2.43. The van der Waals surface area contributed by atoms with Crippen LogP contribution in [0.15, 0.2) is 23.3 Å². The van der Waals surface area contributed by atoms with Crippen LogP contribution in [-0.2, 0) is 11.3 Å². The predicted octanol–water partition coefficient (Wildman–Crippen LogP) is -0.528. The molecule has 2 N–H and O–H groups in total. The molecule has 0 saturated carbocycles. The Morgan fingerprint density at radius 3 is 2.94 bits per heavy atom. The number of nitrogens with one attached hydrogen (secondary N) is 1. The molecule has 0 aliphatic rings. The van der Waals surface area contributed by atoms with E-state index < -0.39 is 5.69 Å². The molecule has 1 rings (SSSR count). The Labute approximate surface area is 109 Å². The molecule has 18 heavy (non-hydrogen) atoms. The summed E-state index contributed by atoms with van der Waals surface area (Å²) < 4.78 is 1.23. The molecular weight excluding hydrogens is 254 g/mol. The average Bonchev–Trinajstić information content (AvgIpc) is 2.33. The van der Waals surface area contributed by atoms with Gasteiger partial charge in [-0.05, 0) is 19.2 Å². The minimum atomic E-state index is -0.455. The molecule has 7 heteroatoms. The van der Waals surface area contributed by atoms with Gasteiger partial charge in [0.1, 0.15) is 6.54 Å². The van der Waals surface area contributed by atoms with Crippen LogP contribution in [0.5, 0.6) is 0 Å². The molecule has 0 aliphatic heterocycles. The van der Waals surface area contributed by atoms with Crippen molar-refractivity contribution in [2.45, 2.75) is 24.8 Å². The number of thioether (sulfide) groups is 1. The summed E-state index contributed by atoms with van der Waals surface area (Å²) in [6.45, 7) is 1.75. The maximum Gasteiger partial charge on any atom is 0.347 e. The molecule has 1 aromatic rings. The van der Waals surface area contributed by atoms with E-state index in [0.717, 1.165) is 0 Å². The number of aromatic nitrogens is 2.